The summed E-state index contributed by atoms with van der Waals surface area (Å²) in [7, 11) is 0. The Morgan fingerprint density at radius 3 is 3.19 bits per heavy atom. The highest BCUT2D eigenvalue weighted by atomic mass is 32.1. The van der Waals surface area contributed by atoms with Gasteiger partial charge in [0.25, 0.3) is 0 Å². The van der Waals surface area contributed by atoms with E-state index in [0.29, 0.717) is 12.0 Å². The Labute approximate surface area is 99.5 Å². The number of carbonyl (C=O) groups is 1. The van der Waals surface area contributed by atoms with Crippen LogP contribution in [0.4, 0.5) is 4.79 Å². The molecule has 1 aromatic rings. The number of rotatable bonds is 1. The van der Waals surface area contributed by atoms with Crippen LogP contribution >= 0.6 is 11.3 Å². The number of amides is 2. The van der Waals surface area contributed by atoms with Crippen LogP contribution in [-0.4, -0.2) is 23.5 Å². The van der Waals surface area contributed by atoms with Crippen LogP contribution in [0, 0.1) is 5.92 Å². The molecule has 3 nitrogen and oxygen atoms in total. The maximum Gasteiger partial charge on any atom is 0.317 e. The van der Waals surface area contributed by atoms with E-state index in [1.54, 1.807) is 11.3 Å². The highest BCUT2D eigenvalue weighted by molar-refractivity contribution is 7.10. The monoisotopic (exact) mass is 236 g/mol. The molecule has 0 aromatic carbocycles. The van der Waals surface area contributed by atoms with Crippen molar-refractivity contribution in [1.82, 2.24) is 10.2 Å². The topological polar surface area (TPSA) is 32.3 Å². The number of carbonyl (C=O) groups excluding carboxylic acids is 1. The summed E-state index contributed by atoms with van der Waals surface area (Å²) >= 11 is 1.76. The van der Waals surface area contributed by atoms with Crippen LogP contribution in [0.1, 0.15) is 23.8 Å². The molecule has 1 saturated carbocycles. The van der Waals surface area contributed by atoms with Crippen LogP contribution in [0.15, 0.2) is 11.4 Å². The smallest absolute Gasteiger partial charge is 0.317 e. The molecular formula is C12H16N2OS. The van der Waals surface area contributed by atoms with Crippen LogP contribution < -0.4 is 5.32 Å². The van der Waals surface area contributed by atoms with Gasteiger partial charge in [0.15, 0.2) is 0 Å². The van der Waals surface area contributed by atoms with Crippen molar-refractivity contribution in [3.63, 3.8) is 0 Å². The molecule has 4 heteroatoms. The first-order chi connectivity index (χ1) is 7.74. The lowest BCUT2D eigenvalue weighted by Crippen LogP contribution is -2.43. The molecule has 1 fully saturated rings. The number of thiophene rings is 1. The first-order valence-corrected chi connectivity index (χ1v) is 6.72. The Bertz CT molecular complexity index is 415. The Morgan fingerprint density at radius 1 is 1.62 bits per heavy atom. The van der Waals surface area contributed by atoms with Gasteiger partial charge in [-0.05, 0) is 35.8 Å². The van der Waals surface area contributed by atoms with Crippen molar-refractivity contribution >= 4 is 17.4 Å². The Hall–Kier alpha value is -1.03. The number of nitrogens with one attached hydrogen (secondary N) is 1. The summed E-state index contributed by atoms with van der Waals surface area (Å²) in [6.45, 7) is 3.83. The molecule has 0 bridgehead atoms. The lowest BCUT2D eigenvalue weighted by Gasteiger charge is -2.27. The second kappa shape index (κ2) is 3.77. The third-order valence-corrected chi connectivity index (χ3v) is 4.48. The van der Waals surface area contributed by atoms with E-state index in [1.807, 2.05) is 4.90 Å². The lowest BCUT2D eigenvalue weighted by atomic mass is 10.1. The first kappa shape index (κ1) is 10.1. The predicted octanol–water partition coefficient (Wildman–Crippen LogP) is 2.22. The normalized spacial score (nSPS) is 27.4. The van der Waals surface area contributed by atoms with Gasteiger partial charge in [-0.15, -0.1) is 11.3 Å². The van der Waals surface area contributed by atoms with E-state index < -0.39 is 0 Å². The van der Waals surface area contributed by atoms with Crippen molar-refractivity contribution in [3.8, 4) is 0 Å². The quantitative estimate of drug-likeness (QED) is 0.796. The fourth-order valence-electron chi connectivity index (χ4n) is 2.18. The van der Waals surface area contributed by atoms with Crippen LogP contribution in [0.3, 0.4) is 0 Å². The predicted molar refractivity (Wildman–Crippen MR) is 64.5 cm³/mol. The van der Waals surface area contributed by atoms with E-state index in [-0.39, 0.29) is 6.03 Å². The molecule has 16 heavy (non-hydrogen) atoms. The molecule has 2 atom stereocenters. The summed E-state index contributed by atoms with van der Waals surface area (Å²) < 4.78 is 0. The average molecular weight is 236 g/mol. The standard InChI is InChI=1S/C12H16N2OS/c1-8-6-10(8)13-12(15)14-4-2-9-3-5-16-11(9)7-14/h3,5,8,10H,2,4,6-7H2,1H3,(H,13,15). The van der Waals surface area contributed by atoms with Gasteiger partial charge in [-0.2, -0.15) is 0 Å². The Morgan fingerprint density at radius 2 is 2.44 bits per heavy atom. The zero-order valence-electron chi connectivity index (χ0n) is 9.40. The van der Waals surface area contributed by atoms with Crippen molar-refractivity contribution in [2.75, 3.05) is 6.54 Å². The van der Waals surface area contributed by atoms with Gasteiger partial charge in [-0.3, -0.25) is 0 Å². The zero-order valence-corrected chi connectivity index (χ0v) is 10.2. The number of nitrogens with zero attached hydrogens (tertiary/aromatic N) is 1. The van der Waals surface area contributed by atoms with E-state index in [0.717, 1.165) is 25.9 Å². The van der Waals surface area contributed by atoms with E-state index in [1.165, 1.54) is 10.4 Å². The van der Waals surface area contributed by atoms with Crippen molar-refractivity contribution in [2.45, 2.75) is 32.4 Å². The average Bonchev–Trinajstić information content (AvgIpc) is 2.81. The molecule has 2 amide bonds. The molecule has 2 aliphatic rings. The first-order valence-electron chi connectivity index (χ1n) is 5.84. The maximum absolute atomic E-state index is 11.9. The van der Waals surface area contributed by atoms with Gasteiger partial charge in [-0.1, -0.05) is 6.92 Å². The minimum atomic E-state index is 0.119. The summed E-state index contributed by atoms with van der Waals surface area (Å²) in [5, 5.41) is 5.21. The van der Waals surface area contributed by atoms with E-state index in [4.69, 9.17) is 0 Å². The molecule has 0 spiro atoms. The fourth-order valence-corrected chi connectivity index (χ4v) is 3.13. The SMILES string of the molecule is CC1CC1NC(=O)N1CCc2ccsc2C1. The highest BCUT2D eigenvalue weighted by Crippen LogP contribution is 2.30. The maximum atomic E-state index is 11.9. The number of hydrogen-bond donors (Lipinski definition) is 1. The molecule has 1 N–H and O–H groups in total. The van der Waals surface area contributed by atoms with Gasteiger partial charge < -0.3 is 10.2 Å². The van der Waals surface area contributed by atoms with Crippen molar-refractivity contribution in [2.24, 2.45) is 5.92 Å². The third-order valence-electron chi connectivity index (χ3n) is 3.53. The molecule has 1 aliphatic heterocycles. The second-order valence-electron chi connectivity index (χ2n) is 4.81. The second-order valence-corrected chi connectivity index (χ2v) is 5.81. The van der Waals surface area contributed by atoms with Crippen LogP contribution in [0.25, 0.3) is 0 Å². The highest BCUT2D eigenvalue weighted by Gasteiger charge is 2.35. The molecule has 3 rings (SSSR count). The lowest BCUT2D eigenvalue weighted by molar-refractivity contribution is 0.192. The summed E-state index contributed by atoms with van der Waals surface area (Å²) in [4.78, 5) is 15.2. The van der Waals surface area contributed by atoms with Gasteiger partial charge >= 0.3 is 6.03 Å². The number of fused-ring (bicyclic) bond motifs is 1. The summed E-state index contributed by atoms with van der Waals surface area (Å²) in [5.74, 6) is 0.672. The minimum Gasteiger partial charge on any atom is -0.335 e. The van der Waals surface area contributed by atoms with Gasteiger partial charge in [0.2, 0.25) is 0 Å². The van der Waals surface area contributed by atoms with Gasteiger partial charge in [0.1, 0.15) is 0 Å². The van der Waals surface area contributed by atoms with Crippen LogP contribution in [0.5, 0.6) is 0 Å². The van der Waals surface area contributed by atoms with Gasteiger partial charge in [0, 0.05) is 17.5 Å². The molecule has 0 radical (unpaired) electrons. The van der Waals surface area contributed by atoms with Crippen LogP contribution in [-0.2, 0) is 13.0 Å². The van der Waals surface area contributed by atoms with Crippen molar-refractivity contribution in [3.05, 3.63) is 21.9 Å². The molecule has 2 unspecified atom stereocenters. The Balaban J connectivity index is 1.62. The number of urea groups is 1. The molecule has 1 aromatic heterocycles. The van der Waals surface area contributed by atoms with Crippen molar-refractivity contribution < 1.29 is 4.79 Å². The van der Waals surface area contributed by atoms with Gasteiger partial charge in [0.05, 0.1) is 6.54 Å². The largest absolute Gasteiger partial charge is 0.335 e. The molecule has 1 aliphatic carbocycles. The summed E-state index contributed by atoms with van der Waals surface area (Å²) in [6, 6.07) is 2.73. The molecule has 2 heterocycles. The minimum absolute atomic E-state index is 0.119. The van der Waals surface area contributed by atoms with E-state index >= 15 is 0 Å². The third kappa shape index (κ3) is 1.82. The van der Waals surface area contributed by atoms with E-state index in [2.05, 4.69) is 23.7 Å². The Kier molecular flexibility index (Phi) is 2.39. The number of hydrogen-bond acceptors (Lipinski definition) is 2. The summed E-state index contributed by atoms with van der Waals surface area (Å²) in [5.41, 5.74) is 1.42. The fraction of sp³-hybridized carbons (Fsp3) is 0.583. The molecule has 86 valence electrons. The molecule has 0 saturated heterocycles. The molecular weight excluding hydrogens is 220 g/mol. The van der Waals surface area contributed by atoms with E-state index in [9.17, 15) is 4.79 Å². The zero-order chi connectivity index (χ0) is 11.1. The van der Waals surface area contributed by atoms with Gasteiger partial charge in [-0.25, -0.2) is 4.79 Å². The van der Waals surface area contributed by atoms with Crippen molar-refractivity contribution in [1.29, 1.82) is 0 Å². The van der Waals surface area contributed by atoms with Crippen LogP contribution in [0.2, 0.25) is 0 Å². The summed E-state index contributed by atoms with van der Waals surface area (Å²) in [6.07, 6.45) is 2.15.